The Morgan fingerprint density at radius 1 is 0.807 bits per heavy atom. The number of unbranched alkanes of at least 4 members (excludes halogenated alkanes) is 2. The number of nitrogens with two attached hydrogens (primary N) is 1. The average molecular weight is 935 g/mol. The first-order chi connectivity index (χ1) is 26.9. The third-order valence-corrected chi connectivity index (χ3v) is 10.4. The summed E-state index contributed by atoms with van der Waals surface area (Å²) in [6, 6.07) is 2.73. The molecule has 1 rings (SSSR count). The molecule has 0 fully saturated rings. The highest BCUT2D eigenvalue weighted by Crippen LogP contribution is 2.14. The first-order valence-electron chi connectivity index (χ1n) is 18.7. The molecule has 0 radical (unpaired) electrons. The summed E-state index contributed by atoms with van der Waals surface area (Å²) in [6.45, 7) is 5.49. The molecule has 0 aliphatic heterocycles. The van der Waals surface area contributed by atoms with E-state index < -0.39 is 53.9 Å². The lowest BCUT2D eigenvalue weighted by Gasteiger charge is -2.25. The number of benzene rings is 1. The van der Waals surface area contributed by atoms with Gasteiger partial charge in [-0.2, -0.15) is 0 Å². The van der Waals surface area contributed by atoms with Crippen molar-refractivity contribution in [3.05, 3.63) is 29.8 Å². The van der Waals surface area contributed by atoms with Crippen molar-refractivity contribution in [2.75, 3.05) is 49.7 Å². The van der Waals surface area contributed by atoms with Crippen molar-refractivity contribution in [3.8, 4) is 0 Å². The fourth-order valence-electron chi connectivity index (χ4n) is 5.03. The molecule has 3 atom stereocenters. The molecule has 18 nitrogen and oxygen atoms in total. The number of aliphatic carboxylic acids is 1. The number of anilines is 1. The molecular formula is C37H58Br2N8O10. The van der Waals surface area contributed by atoms with E-state index in [0.29, 0.717) is 54.1 Å². The van der Waals surface area contributed by atoms with Crippen LogP contribution >= 0.6 is 31.9 Å². The molecule has 1 aromatic carbocycles. The molecule has 8 amide bonds. The lowest BCUT2D eigenvalue weighted by Crippen LogP contribution is -2.54. The zero-order valence-corrected chi connectivity index (χ0v) is 36.4. The second-order valence-corrected chi connectivity index (χ2v) is 15.1. The maximum absolute atomic E-state index is 13.5. The Hall–Kier alpha value is -4.46. The summed E-state index contributed by atoms with van der Waals surface area (Å²) in [6.07, 6.45) is 1.79. The van der Waals surface area contributed by atoms with Gasteiger partial charge in [0.05, 0.1) is 5.92 Å². The summed E-state index contributed by atoms with van der Waals surface area (Å²) in [5, 5.41) is 23.8. The van der Waals surface area contributed by atoms with Crippen LogP contribution in [0.4, 0.5) is 15.3 Å². The summed E-state index contributed by atoms with van der Waals surface area (Å²) in [5.41, 5.74) is 6.15. The molecular weight excluding hydrogens is 876 g/mol. The van der Waals surface area contributed by atoms with E-state index in [1.165, 1.54) is 25.9 Å². The molecule has 20 heteroatoms. The van der Waals surface area contributed by atoms with Gasteiger partial charge < -0.3 is 52.0 Å². The van der Waals surface area contributed by atoms with Gasteiger partial charge in [-0.3, -0.25) is 24.0 Å². The van der Waals surface area contributed by atoms with E-state index in [9.17, 15) is 38.4 Å². The van der Waals surface area contributed by atoms with E-state index in [0.717, 1.165) is 4.90 Å². The van der Waals surface area contributed by atoms with Crippen LogP contribution in [-0.4, -0.2) is 125 Å². The Kier molecular flexibility index (Phi) is 24.1. The van der Waals surface area contributed by atoms with Gasteiger partial charge >= 0.3 is 18.1 Å². The summed E-state index contributed by atoms with van der Waals surface area (Å²) >= 11 is 6.63. The predicted octanol–water partition coefficient (Wildman–Crippen LogP) is 2.67. The van der Waals surface area contributed by atoms with Gasteiger partial charge in [0.2, 0.25) is 29.5 Å². The fraction of sp³-hybridized carbons (Fsp3) is 0.622. The Bertz CT molecular complexity index is 1500. The van der Waals surface area contributed by atoms with Crippen LogP contribution in [0.15, 0.2) is 24.3 Å². The molecule has 0 aliphatic carbocycles. The monoisotopic (exact) mass is 932 g/mol. The molecule has 0 spiro atoms. The minimum atomic E-state index is -1.14. The van der Waals surface area contributed by atoms with Crippen molar-refractivity contribution in [2.24, 2.45) is 17.6 Å². The van der Waals surface area contributed by atoms with Gasteiger partial charge in [0, 0.05) is 62.9 Å². The number of hydrogen-bond acceptors (Lipinski definition) is 9. The highest BCUT2D eigenvalue weighted by molar-refractivity contribution is 9.09. The number of urea groups is 1. The van der Waals surface area contributed by atoms with Gasteiger partial charge in [0.1, 0.15) is 24.7 Å². The number of nitrogens with zero attached hydrogens (tertiary/aromatic N) is 2. The number of primary amides is 1. The van der Waals surface area contributed by atoms with Crippen molar-refractivity contribution < 1.29 is 48.2 Å². The number of alkyl halides is 2. The lowest BCUT2D eigenvalue weighted by molar-refractivity contribution is -0.148. The molecule has 8 N–H and O–H groups in total. The number of amides is 8. The number of rotatable bonds is 26. The summed E-state index contributed by atoms with van der Waals surface area (Å²) in [4.78, 5) is 101. The van der Waals surface area contributed by atoms with Crippen LogP contribution in [0.1, 0.15) is 71.3 Å². The topological polar surface area (TPSA) is 259 Å². The summed E-state index contributed by atoms with van der Waals surface area (Å²) in [7, 11) is 2.83. The largest absolute Gasteiger partial charge is 0.480 e. The van der Waals surface area contributed by atoms with Crippen LogP contribution < -0.4 is 32.3 Å². The molecule has 0 aliphatic rings. The molecule has 0 heterocycles. The van der Waals surface area contributed by atoms with Crippen molar-refractivity contribution >= 4 is 85.2 Å². The molecule has 1 aromatic rings. The molecule has 0 saturated heterocycles. The summed E-state index contributed by atoms with van der Waals surface area (Å²) < 4.78 is 5.32. The maximum Gasteiger partial charge on any atom is 0.409 e. The Labute approximate surface area is 350 Å². The third kappa shape index (κ3) is 20.0. The standard InChI is InChI=1S/C37H58Br2N8O10/c1-23(2)31(45-29(48)11-7-6-8-17-41-32(50)26(20-38)21-39)34(52)44-28(10-9-18-42-36(40)55)33(51)43-27-14-12-25(13-15-27)22-57-37(56)46(4)19-16-30(49)47(5)24(3)35(53)54/h12-15,23-24,26,28,31H,6-11,16-22H2,1-5H3,(H,41,50)(H,43,51)(H,44,52)(H,45,48)(H,53,54)(H3,40,42,55)/t24-,28-,31-/m0/s1. The molecule has 0 unspecified atom stereocenters. The normalized spacial score (nSPS) is 12.4. The van der Waals surface area contributed by atoms with Gasteiger partial charge in [0.15, 0.2) is 0 Å². The number of halogens is 2. The Balaban J connectivity index is 2.77. The van der Waals surface area contributed by atoms with Crippen LogP contribution in [0, 0.1) is 11.8 Å². The molecule has 0 saturated carbocycles. The van der Waals surface area contributed by atoms with E-state index >= 15 is 0 Å². The molecule has 0 bridgehead atoms. The predicted molar refractivity (Wildman–Crippen MR) is 220 cm³/mol. The Morgan fingerprint density at radius 2 is 1.44 bits per heavy atom. The maximum atomic E-state index is 13.5. The lowest BCUT2D eigenvalue weighted by atomic mass is 10.0. The van der Waals surface area contributed by atoms with Gasteiger partial charge in [-0.05, 0) is 56.2 Å². The first kappa shape index (κ1) is 50.6. The number of carbonyl (C=O) groups excluding carboxylic acids is 7. The second-order valence-electron chi connectivity index (χ2n) is 13.8. The van der Waals surface area contributed by atoms with E-state index in [1.807, 2.05) is 0 Å². The van der Waals surface area contributed by atoms with E-state index in [4.69, 9.17) is 15.6 Å². The second kappa shape index (κ2) is 27.2. The van der Waals surface area contributed by atoms with E-state index in [1.54, 1.807) is 38.1 Å². The number of nitrogens with one attached hydrogen (secondary N) is 5. The SMILES string of the molecule is CC(C)[C@H](NC(=O)CCCCCNC(=O)C(CBr)CBr)C(=O)N[C@@H](CCCNC(N)=O)C(=O)Nc1ccc(COC(=O)N(C)CCC(=O)N(C)[C@@H](C)C(=O)O)cc1. The quantitative estimate of drug-likeness (QED) is 0.0528. The average Bonchev–Trinajstić information content (AvgIpc) is 3.17. The zero-order valence-electron chi connectivity index (χ0n) is 33.2. The van der Waals surface area contributed by atoms with Crippen molar-refractivity contribution in [2.45, 2.75) is 90.4 Å². The minimum absolute atomic E-state index is 0.0135. The summed E-state index contributed by atoms with van der Waals surface area (Å²) in [5.74, 6) is -3.51. The number of ether oxygens (including phenoxy) is 1. The van der Waals surface area contributed by atoms with Gasteiger partial charge in [-0.25, -0.2) is 14.4 Å². The molecule has 320 valence electrons. The smallest absolute Gasteiger partial charge is 0.409 e. The number of carboxylic acid groups (broad SMARTS) is 1. The fourth-order valence-corrected chi connectivity index (χ4v) is 6.70. The number of likely N-dealkylation sites (N-methyl/N-ethyl adjacent to an activating group) is 1. The van der Waals surface area contributed by atoms with Crippen LogP contribution in [-0.2, 0) is 40.1 Å². The number of carbonyl (C=O) groups is 8. The van der Waals surface area contributed by atoms with Gasteiger partial charge in [-0.15, -0.1) is 0 Å². The van der Waals surface area contributed by atoms with Gasteiger partial charge in [0.25, 0.3) is 0 Å². The van der Waals surface area contributed by atoms with E-state index in [-0.39, 0.29) is 62.6 Å². The van der Waals surface area contributed by atoms with Crippen LogP contribution in [0.2, 0.25) is 0 Å². The Morgan fingerprint density at radius 3 is 2.02 bits per heavy atom. The van der Waals surface area contributed by atoms with Crippen molar-refractivity contribution in [1.82, 2.24) is 31.1 Å². The number of hydrogen-bond donors (Lipinski definition) is 7. The van der Waals surface area contributed by atoms with Crippen LogP contribution in [0.3, 0.4) is 0 Å². The zero-order chi connectivity index (χ0) is 43.1. The third-order valence-electron chi connectivity index (χ3n) is 8.88. The van der Waals surface area contributed by atoms with Crippen molar-refractivity contribution in [1.29, 1.82) is 0 Å². The number of carboxylic acids is 1. The van der Waals surface area contributed by atoms with Crippen molar-refractivity contribution in [3.63, 3.8) is 0 Å². The van der Waals surface area contributed by atoms with Crippen LogP contribution in [0.25, 0.3) is 0 Å². The highest BCUT2D eigenvalue weighted by Gasteiger charge is 2.29. The minimum Gasteiger partial charge on any atom is -0.480 e. The van der Waals surface area contributed by atoms with E-state index in [2.05, 4.69) is 58.4 Å². The highest BCUT2D eigenvalue weighted by atomic mass is 79.9. The molecule has 0 aromatic heterocycles. The van der Waals surface area contributed by atoms with Gasteiger partial charge in [-0.1, -0.05) is 64.3 Å². The first-order valence-corrected chi connectivity index (χ1v) is 20.9. The molecule has 57 heavy (non-hydrogen) atoms. The van der Waals surface area contributed by atoms with Crippen LogP contribution in [0.5, 0.6) is 0 Å².